The summed E-state index contributed by atoms with van der Waals surface area (Å²) in [5.74, 6) is 0.000951. The van der Waals surface area contributed by atoms with E-state index >= 15 is 0 Å². The lowest BCUT2D eigenvalue weighted by Gasteiger charge is -2.28. The monoisotopic (exact) mass is 276 g/mol. The minimum absolute atomic E-state index is 0.403. The fourth-order valence-corrected chi connectivity index (χ4v) is 2.00. The molecule has 1 aromatic heterocycles. The number of anilines is 1. The van der Waals surface area contributed by atoms with Crippen molar-refractivity contribution in [2.45, 2.75) is 46.1 Å². The number of carbonyl (C=O) groups is 1. The Labute approximate surface area is 121 Å². The van der Waals surface area contributed by atoms with Crippen LogP contribution in [0.5, 0.6) is 0 Å². The summed E-state index contributed by atoms with van der Waals surface area (Å²) in [5.41, 5.74) is 0.799. The number of hydrogen-bond acceptors (Lipinski definition) is 3. The first-order valence-corrected chi connectivity index (χ1v) is 7.18. The normalized spacial score (nSPS) is 11.2. The number of aliphatic carboxylic acids is 1. The van der Waals surface area contributed by atoms with Crippen LogP contribution in [0.3, 0.4) is 0 Å². The number of hydrogen-bond donors (Lipinski definition) is 1. The second-order valence-electron chi connectivity index (χ2n) is 5.12. The molecule has 4 nitrogen and oxygen atoms in total. The van der Waals surface area contributed by atoms with Gasteiger partial charge in [-0.25, -0.2) is 9.78 Å². The fourth-order valence-electron chi connectivity index (χ4n) is 2.00. The minimum Gasteiger partial charge on any atom is -0.478 e. The number of nitrogens with zero attached hydrogens (tertiary/aromatic N) is 2. The molecule has 0 amide bonds. The fraction of sp³-hybridized carbons (Fsp3) is 0.500. The largest absolute Gasteiger partial charge is 0.478 e. The van der Waals surface area contributed by atoms with E-state index in [1.54, 1.807) is 12.3 Å². The van der Waals surface area contributed by atoms with Crippen molar-refractivity contribution < 1.29 is 9.90 Å². The zero-order valence-corrected chi connectivity index (χ0v) is 12.5. The van der Waals surface area contributed by atoms with Crippen LogP contribution in [0.25, 0.3) is 6.08 Å². The van der Waals surface area contributed by atoms with Gasteiger partial charge < -0.3 is 10.0 Å². The highest BCUT2D eigenvalue weighted by molar-refractivity contribution is 5.85. The maximum absolute atomic E-state index is 10.5. The topological polar surface area (TPSA) is 53.4 Å². The van der Waals surface area contributed by atoms with Gasteiger partial charge in [0.2, 0.25) is 0 Å². The van der Waals surface area contributed by atoms with E-state index < -0.39 is 5.97 Å². The van der Waals surface area contributed by atoms with Crippen molar-refractivity contribution >= 4 is 17.9 Å². The molecule has 0 radical (unpaired) electrons. The molecule has 0 saturated heterocycles. The quantitative estimate of drug-likeness (QED) is 0.582. The van der Waals surface area contributed by atoms with Crippen LogP contribution in [0.4, 0.5) is 5.82 Å². The van der Waals surface area contributed by atoms with Gasteiger partial charge in [-0.05, 0) is 44.0 Å². The predicted octanol–water partition coefficient (Wildman–Crippen LogP) is 3.58. The van der Waals surface area contributed by atoms with Crippen LogP contribution >= 0.6 is 0 Å². The highest BCUT2D eigenvalue weighted by Gasteiger charge is 2.10. The molecular weight excluding hydrogens is 252 g/mol. The third kappa shape index (κ3) is 5.43. The van der Waals surface area contributed by atoms with Crippen LogP contribution in [-0.2, 0) is 4.79 Å². The van der Waals surface area contributed by atoms with E-state index in [9.17, 15) is 4.79 Å². The van der Waals surface area contributed by atoms with E-state index in [0.29, 0.717) is 6.04 Å². The van der Waals surface area contributed by atoms with Gasteiger partial charge in [0.1, 0.15) is 5.82 Å². The zero-order chi connectivity index (χ0) is 15.0. The lowest BCUT2D eigenvalue weighted by Crippen LogP contribution is -2.32. The molecule has 20 heavy (non-hydrogen) atoms. The molecule has 1 N–H and O–H groups in total. The summed E-state index contributed by atoms with van der Waals surface area (Å²) in [6.45, 7) is 7.52. The van der Waals surface area contributed by atoms with Gasteiger partial charge in [-0.3, -0.25) is 0 Å². The van der Waals surface area contributed by atoms with E-state index in [1.165, 1.54) is 12.8 Å². The van der Waals surface area contributed by atoms with Gasteiger partial charge in [0.05, 0.1) is 0 Å². The Balaban J connectivity index is 2.74. The zero-order valence-electron chi connectivity index (χ0n) is 12.5. The number of carboxylic acids is 1. The number of rotatable bonds is 8. The molecule has 0 aliphatic rings. The standard InChI is InChI=1S/C16H24N2O2/c1-4-5-6-11-18(13(2)3)15-9-7-14(12-17-15)8-10-16(19)20/h7-10,12-13H,4-6,11H2,1-3H3,(H,19,20)/b10-8+. The Morgan fingerprint density at radius 3 is 2.65 bits per heavy atom. The first-order chi connectivity index (χ1) is 9.54. The van der Waals surface area contributed by atoms with E-state index in [1.807, 2.05) is 12.1 Å². The third-order valence-corrected chi connectivity index (χ3v) is 3.11. The second kappa shape index (κ2) is 8.35. The van der Waals surface area contributed by atoms with Crippen LogP contribution in [-0.4, -0.2) is 28.6 Å². The molecule has 0 spiro atoms. The van der Waals surface area contributed by atoms with Gasteiger partial charge in [-0.2, -0.15) is 0 Å². The maximum atomic E-state index is 10.5. The number of aromatic nitrogens is 1. The van der Waals surface area contributed by atoms with Crippen LogP contribution in [0.2, 0.25) is 0 Å². The molecule has 1 heterocycles. The number of unbranched alkanes of at least 4 members (excludes halogenated alkanes) is 2. The Kier molecular flexibility index (Phi) is 6.77. The van der Waals surface area contributed by atoms with E-state index in [4.69, 9.17) is 5.11 Å². The summed E-state index contributed by atoms with van der Waals surface area (Å²) >= 11 is 0. The van der Waals surface area contributed by atoms with E-state index in [0.717, 1.165) is 30.4 Å². The van der Waals surface area contributed by atoms with Crippen molar-refractivity contribution in [2.24, 2.45) is 0 Å². The Morgan fingerprint density at radius 2 is 2.15 bits per heavy atom. The molecule has 0 bridgehead atoms. The smallest absolute Gasteiger partial charge is 0.328 e. The van der Waals surface area contributed by atoms with Crippen LogP contribution in [0.15, 0.2) is 24.4 Å². The Morgan fingerprint density at radius 1 is 1.40 bits per heavy atom. The van der Waals surface area contributed by atoms with Gasteiger partial charge in [0, 0.05) is 24.9 Å². The summed E-state index contributed by atoms with van der Waals surface area (Å²) in [7, 11) is 0. The van der Waals surface area contributed by atoms with Crippen LogP contribution < -0.4 is 4.90 Å². The molecule has 0 fully saturated rings. The molecule has 1 rings (SSSR count). The molecule has 4 heteroatoms. The molecule has 0 aliphatic carbocycles. The number of pyridine rings is 1. The molecule has 0 saturated carbocycles. The highest BCUT2D eigenvalue weighted by atomic mass is 16.4. The van der Waals surface area contributed by atoms with Crippen molar-refractivity contribution in [3.8, 4) is 0 Å². The first-order valence-electron chi connectivity index (χ1n) is 7.18. The van der Waals surface area contributed by atoms with Gasteiger partial charge in [0.25, 0.3) is 0 Å². The summed E-state index contributed by atoms with van der Waals surface area (Å²) < 4.78 is 0. The molecular formula is C16H24N2O2. The Hall–Kier alpha value is -1.84. The van der Waals surface area contributed by atoms with Crippen LogP contribution in [0, 0.1) is 0 Å². The van der Waals surface area contributed by atoms with Gasteiger partial charge >= 0.3 is 5.97 Å². The second-order valence-corrected chi connectivity index (χ2v) is 5.12. The lowest BCUT2D eigenvalue weighted by atomic mass is 10.2. The van der Waals surface area contributed by atoms with Gasteiger partial charge in [-0.1, -0.05) is 19.8 Å². The van der Waals surface area contributed by atoms with Gasteiger partial charge in [0.15, 0.2) is 0 Å². The van der Waals surface area contributed by atoms with Crippen molar-refractivity contribution in [3.05, 3.63) is 30.0 Å². The number of carboxylic acid groups (broad SMARTS) is 1. The van der Waals surface area contributed by atoms with Crippen LogP contribution in [0.1, 0.15) is 45.6 Å². The van der Waals surface area contributed by atoms with E-state index in [-0.39, 0.29) is 0 Å². The van der Waals surface area contributed by atoms with Crippen molar-refractivity contribution in [1.82, 2.24) is 4.98 Å². The molecule has 0 atom stereocenters. The summed E-state index contributed by atoms with van der Waals surface area (Å²) in [6.07, 6.45) is 7.98. The van der Waals surface area contributed by atoms with Crippen molar-refractivity contribution in [1.29, 1.82) is 0 Å². The molecule has 0 aliphatic heterocycles. The average molecular weight is 276 g/mol. The molecule has 1 aromatic rings. The third-order valence-electron chi connectivity index (χ3n) is 3.11. The molecule has 0 unspecified atom stereocenters. The minimum atomic E-state index is -0.947. The first kappa shape index (κ1) is 16.2. The molecule has 0 aromatic carbocycles. The SMILES string of the molecule is CCCCCN(c1ccc(/C=C/C(=O)O)cn1)C(C)C. The summed E-state index contributed by atoms with van der Waals surface area (Å²) in [5, 5.41) is 8.60. The predicted molar refractivity (Wildman–Crippen MR) is 82.9 cm³/mol. The maximum Gasteiger partial charge on any atom is 0.328 e. The van der Waals surface area contributed by atoms with Crippen molar-refractivity contribution in [2.75, 3.05) is 11.4 Å². The Bertz CT molecular complexity index is 438. The van der Waals surface area contributed by atoms with Crippen molar-refractivity contribution in [3.63, 3.8) is 0 Å². The van der Waals surface area contributed by atoms with E-state index in [2.05, 4.69) is 30.7 Å². The highest BCUT2D eigenvalue weighted by Crippen LogP contribution is 2.16. The average Bonchev–Trinajstić information content (AvgIpc) is 2.42. The lowest BCUT2D eigenvalue weighted by molar-refractivity contribution is -0.131. The van der Waals surface area contributed by atoms with Gasteiger partial charge in [-0.15, -0.1) is 0 Å². The molecule has 110 valence electrons. The summed E-state index contributed by atoms with van der Waals surface area (Å²) in [6, 6.07) is 4.25. The summed E-state index contributed by atoms with van der Waals surface area (Å²) in [4.78, 5) is 17.2.